The molecule has 3 heterocycles. The number of para-hydroxylation sites is 1. The molecular weight excluding hydrogens is 476 g/mol. The molecule has 1 aromatic carbocycles. The maximum Gasteiger partial charge on any atom is 0.204 e. The summed E-state index contributed by atoms with van der Waals surface area (Å²) in [5, 5.41) is 17.9. The van der Waals surface area contributed by atoms with E-state index >= 15 is 0 Å². The fourth-order valence-corrected chi connectivity index (χ4v) is 5.02. The zero-order valence-corrected chi connectivity index (χ0v) is 20.7. The number of rotatable bonds is 9. The molecule has 0 saturated heterocycles. The van der Waals surface area contributed by atoms with Crippen molar-refractivity contribution in [2.24, 2.45) is 0 Å². The van der Waals surface area contributed by atoms with Crippen LogP contribution in [-0.2, 0) is 15.6 Å². The van der Waals surface area contributed by atoms with E-state index in [9.17, 15) is 13.5 Å². The van der Waals surface area contributed by atoms with Crippen LogP contribution in [0, 0.1) is 13.8 Å². The second kappa shape index (κ2) is 9.55. The number of aryl methyl sites for hydroxylation is 2. The predicted molar refractivity (Wildman–Crippen MR) is 125 cm³/mol. The quantitative estimate of drug-likeness (QED) is 0.362. The SMILES string of the molecule is COc1cccc(OC)c1-n1c(CS(=O)(=O)[C@@H](C)[C@H](O)c2coc(C)n2)nnc1-c1ccc(C)o1. The second-order valence-electron chi connectivity index (χ2n) is 7.95. The molecule has 4 aromatic rings. The molecule has 0 spiro atoms. The van der Waals surface area contributed by atoms with E-state index in [1.807, 2.05) is 0 Å². The highest BCUT2D eigenvalue weighted by Gasteiger charge is 2.34. The molecule has 186 valence electrons. The third-order valence-corrected chi connectivity index (χ3v) is 7.65. The average molecular weight is 503 g/mol. The number of methoxy groups -OCH3 is 2. The van der Waals surface area contributed by atoms with Gasteiger partial charge in [0.2, 0.25) is 5.82 Å². The Morgan fingerprint density at radius 2 is 1.77 bits per heavy atom. The number of oxazole rings is 1. The molecule has 0 radical (unpaired) electrons. The molecule has 0 aliphatic rings. The fraction of sp³-hybridized carbons (Fsp3) is 0.348. The standard InChI is InChI=1S/C23H26N4O7S/c1-13-9-10-19(34-13)23-26-25-20(27(23)21-17(31-4)7-6-8-18(21)32-5)12-35(29,30)14(2)22(28)16-11-33-15(3)24-16/h6-11,14,22,28H,12H2,1-5H3/t14-,22-/m0/s1. The molecule has 0 aliphatic heterocycles. The highest BCUT2D eigenvalue weighted by Crippen LogP contribution is 2.37. The lowest BCUT2D eigenvalue weighted by molar-refractivity contribution is 0.171. The van der Waals surface area contributed by atoms with Crippen LogP contribution in [0.5, 0.6) is 11.5 Å². The van der Waals surface area contributed by atoms with Crippen molar-refractivity contribution in [2.45, 2.75) is 37.9 Å². The summed E-state index contributed by atoms with van der Waals surface area (Å²) in [4.78, 5) is 4.05. The van der Waals surface area contributed by atoms with E-state index in [1.165, 1.54) is 32.0 Å². The van der Waals surface area contributed by atoms with Gasteiger partial charge in [-0.05, 0) is 38.1 Å². The van der Waals surface area contributed by atoms with Gasteiger partial charge in [0.1, 0.15) is 46.8 Å². The molecule has 2 atom stereocenters. The Morgan fingerprint density at radius 1 is 1.09 bits per heavy atom. The van der Waals surface area contributed by atoms with Crippen molar-refractivity contribution in [3.8, 4) is 28.8 Å². The number of sulfone groups is 1. The molecule has 0 amide bonds. The Kier molecular flexibility index (Phi) is 6.68. The lowest BCUT2D eigenvalue weighted by Crippen LogP contribution is -2.28. The summed E-state index contributed by atoms with van der Waals surface area (Å²) >= 11 is 0. The van der Waals surface area contributed by atoms with Gasteiger partial charge in [0.15, 0.2) is 27.3 Å². The van der Waals surface area contributed by atoms with E-state index in [0.717, 1.165) is 0 Å². The van der Waals surface area contributed by atoms with Gasteiger partial charge in [0.05, 0.1) is 19.5 Å². The van der Waals surface area contributed by atoms with Crippen LogP contribution < -0.4 is 9.47 Å². The number of aromatic nitrogens is 4. The molecule has 3 aromatic heterocycles. The fourth-order valence-electron chi connectivity index (χ4n) is 3.68. The van der Waals surface area contributed by atoms with Crippen LogP contribution in [0.25, 0.3) is 17.3 Å². The number of furan rings is 1. The largest absolute Gasteiger partial charge is 0.494 e. The normalized spacial score (nSPS) is 13.5. The number of ether oxygens (including phenoxy) is 2. The van der Waals surface area contributed by atoms with Crippen molar-refractivity contribution >= 4 is 9.84 Å². The summed E-state index contributed by atoms with van der Waals surface area (Å²) in [5.74, 6) is 2.02. The summed E-state index contributed by atoms with van der Waals surface area (Å²) < 4.78 is 50.3. The molecule has 0 fully saturated rings. The van der Waals surface area contributed by atoms with E-state index in [-0.39, 0.29) is 17.3 Å². The van der Waals surface area contributed by atoms with E-state index < -0.39 is 26.9 Å². The molecule has 4 rings (SSSR count). The van der Waals surface area contributed by atoms with Crippen molar-refractivity contribution in [3.05, 3.63) is 59.8 Å². The van der Waals surface area contributed by atoms with Crippen LogP contribution in [0.4, 0.5) is 0 Å². The summed E-state index contributed by atoms with van der Waals surface area (Å²) in [7, 11) is -0.964. The smallest absolute Gasteiger partial charge is 0.204 e. The highest BCUT2D eigenvalue weighted by atomic mass is 32.2. The van der Waals surface area contributed by atoms with E-state index in [2.05, 4.69) is 15.2 Å². The number of nitrogens with zero attached hydrogens (tertiary/aromatic N) is 4. The summed E-state index contributed by atoms with van der Waals surface area (Å²) in [6.07, 6.45) is -0.146. The zero-order valence-electron chi connectivity index (χ0n) is 19.9. The third kappa shape index (κ3) is 4.66. The maximum absolute atomic E-state index is 13.4. The van der Waals surface area contributed by atoms with E-state index in [1.54, 1.807) is 44.2 Å². The Morgan fingerprint density at radius 3 is 2.31 bits per heavy atom. The van der Waals surface area contributed by atoms with Crippen molar-refractivity contribution in [3.63, 3.8) is 0 Å². The lowest BCUT2D eigenvalue weighted by atomic mass is 10.2. The maximum atomic E-state index is 13.4. The summed E-state index contributed by atoms with van der Waals surface area (Å²) in [5.41, 5.74) is 0.551. The molecule has 35 heavy (non-hydrogen) atoms. The van der Waals surface area contributed by atoms with Gasteiger partial charge in [-0.1, -0.05) is 6.07 Å². The molecule has 0 bridgehead atoms. The first kappa shape index (κ1) is 24.5. The minimum absolute atomic E-state index is 0.0900. The first-order valence-electron chi connectivity index (χ1n) is 10.7. The first-order chi connectivity index (χ1) is 16.7. The van der Waals surface area contributed by atoms with Crippen molar-refractivity contribution < 1.29 is 31.8 Å². The van der Waals surface area contributed by atoms with Gasteiger partial charge < -0.3 is 23.4 Å². The Hall–Kier alpha value is -3.64. The summed E-state index contributed by atoms with van der Waals surface area (Å²) in [6.45, 7) is 4.80. The monoisotopic (exact) mass is 502 g/mol. The van der Waals surface area contributed by atoms with Crippen LogP contribution in [0.3, 0.4) is 0 Å². The number of benzene rings is 1. The Balaban J connectivity index is 1.83. The van der Waals surface area contributed by atoms with Crippen molar-refractivity contribution in [1.29, 1.82) is 0 Å². The first-order valence-corrected chi connectivity index (χ1v) is 12.4. The van der Waals surface area contributed by atoms with Crippen LogP contribution in [-0.4, -0.2) is 52.7 Å². The van der Waals surface area contributed by atoms with Crippen LogP contribution >= 0.6 is 0 Å². The third-order valence-electron chi connectivity index (χ3n) is 5.60. The van der Waals surface area contributed by atoms with Gasteiger partial charge in [-0.15, -0.1) is 10.2 Å². The van der Waals surface area contributed by atoms with Crippen LogP contribution in [0.1, 0.15) is 36.2 Å². The second-order valence-corrected chi connectivity index (χ2v) is 10.3. The molecule has 0 aliphatic carbocycles. The van der Waals surface area contributed by atoms with Crippen molar-refractivity contribution in [1.82, 2.24) is 19.7 Å². The molecule has 11 nitrogen and oxygen atoms in total. The summed E-state index contributed by atoms with van der Waals surface area (Å²) in [6, 6.07) is 8.66. The molecule has 0 saturated carbocycles. The Bertz CT molecular complexity index is 1420. The van der Waals surface area contributed by atoms with Gasteiger partial charge in [-0.25, -0.2) is 13.4 Å². The van der Waals surface area contributed by atoms with E-state index in [0.29, 0.717) is 34.6 Å². The lowest BCUT2D eigenvalue weighted by Gasteiger charge is -2.19. The topological polar surface area (TPSA) is 143 Å². The number of aliphatic hydroxyl groups excluding tert-OH is 1. The van der Waals surface area contributed by atoms with Crippen LogP contribution in [0.15, 0.2) is 45.4 Å². The van der Waals surface area contributed by atoms with Gasteiger partial charge >= 0.3 is 0 Å². The minimum atomic E-state index is -3.95. The van der Waals surface area contributed by atoms with E-state index in [4.69, 9.17) is 18.3 Å². The number of hydrogen-bond donors (Lipinski definition) is 1. The predicted octanol–water partition coefficient (Wildman–Crippen LogP) is 3.19. The minimum Gasteiger partial charge on any atom is -0.494 e. The molecular formula is C23H26N4O7S. The number of hydrogen-bond acceptors (Lipinski definition) is 10. The van der Waals surface area contributed by atoms with Crippen molar-refractivity contribution in [2.75, 3.05) is 14.2 Å². The molecule has 0 unspecified atom stereocenters. The van der Waals surface area contributed by atoms with Gasteiger partial charge in [-0.3, -0.25) is 4.57 Å². The zero-order chi connectivity index (χ0) is 25.3. The molecule has 12 heteroatoms. The van der Waals surface area contributed by atoms with Gasteiger partial charge in [0.25, 0.3) is 0 Å². The Labute approximate surface area is 202 Å². The number of aliphatic hydroxyl groups is 1. The average Bonchev–Trinajstić information content (AvgIpc) is 3.57. The highest BCUT2D eigenvalue weighted by molar-refractivity contribution is 7.91. The van der Waals surface area contributed by atoms with Gasteiger partial charge in [-0.2, -0.15) is 0 Å². The molecule has 1 N–H and O–H groups in total. The van der Waals surface area contributed by atoms with Crippen LogP contribution in [0.2, 0.25) is 0 Å². The van der Waals surface area contributed by atoms with Gasteiger partial charge in [0, 0.05) is 6.92 Å².